The summed E-state index contributed by atoms with van der Waals surface area (Å²) in [5.74, 6) is 0.842. The highest BCUT2D eigenvalue weighted by atomic mass is 35.5. The molecule has 1 aliphatic rings. The van der Waals surface area contributed by atoms with Crippen molar-refractivity contribution in [1.82, 2.24) is 4.90 Å². The van der Waals surface area contributed by atoms with E-state index in [1.807, 2.05) is 24.3 Å². The number of halogens is 1. The molecule has 2 rings (SSSR count). The van der Waals surface area contributed by atoms with Gasteiger partial charge >= 0.3 is 0 Å². The molecule has 1 aromatic rings. The lowest BCUT2D eigenvalue weighted by molar-refractivity contribution is 0.116. The number of aliphatic hydroxyl groups is 1. The molecule has 1 fully saturated rings. The number of hydrogen-bond donors (Lipinski definition) is 1. The molecule has 3 atom stereocenters. The first kappa shape index (κ1) is 15.8. The van der Waals surface area contributed by atoms with Crippen molar-refractivity contribution in [3.63, 3.8) is 0 Å². The van der Waals surface area contributed by atoms with Crippen LogP contribution in [0.4, 0.5) is 0 Å². The summed E-state index contributed by atoms with van der Waals surface area (Å²) in [5, 5.41) is 10.9. The predicted octanol–water partition coefficient (Wildman–Crippen LogP) is 4.27. The number of rotatable bonds is 5. The molecule has 0 aromatic heterocycles. The second-order valence-corrected chi connectivity index (χ2v) is 6.70. The summed E-state index contributed by atoms with van der Waals surface area (Å²) in [6.07, 6.45) is 5.65. The maximum Gasteiger partial charge on any atom is 0.0802 e. The molecule has 0 amide bonds. The maximum absolute atomic E-state index is 10.3. The van der Waals surface area contributed by atoms with Gasteiger partial charge in [0.1, 0.15) is 0 Å². The van der Waals surface area contributed by atoms with Gasteiger partial charge in [-0.05, 0) is 49.9 Å². The van der Waals surface area contributed by atoms with Crippen molar-refractivity contribution in [3.05, 3.63) is 34.9 Å². The molecule has 0 radical (unpaired) electrons. The quantitative estimate of drug-likeness (QED) is 0.877. The van der Waals surface area contributed by atoms with Gasteiger partial charge < -0.3 is 10.0 Å². The molecule has 3 unspecified atom stereocenters. The van der Waals surface area contributed by atoms with Crippen molar-refractivity contribution in [2.75, 3.05) is 13.6 Å². The van der Waals surface area contributed by atoms with E-state index in [1.165, 1.54) is 25.7 Å². The number of benzene rings is 1. The molecule has 0 spiro atoms. The van der Waals surface area contributed by atoms with Crippen LogP contribution in [-0.4, -0.2) is 29.6 Å². The maximum atomic E-state index is 10.3. The lowest BCUT2D eigenvalue weighted by atomic mass is 9.86. The first-order valence-corrected chi connectivity index (χ1v) is 8.08. The molecule has 0 heterocycles. The average molecular weight is 296 g/mol. The van der Waals surface area contributed by atoms with Gasteiger partial charge in [-0.2, -0.15) is 0 Å². The third kappa shape index (κ3) is 4.47. The molecule has 0 saturated heterocycles. The molecule has 1 N–H and O–H groups in total. The summed E-state index contributed by atoms with van der Waals surface area (Å²) in [6, 6.07) is 8.22. The Kier molecular flexibility index (Phi) is 5.88. The second-order valence-electron chi connectivity index (χ2n) is 6.27. The monoisotopic (exact) mass is 295 g/mol. The van der Waals surface area contributed by atoms with Crippen LogP contribution in [0.15, 0.2) is 24.3 Å². The smallest absolute Gasteiger partial charge is 0.0802 e. The highest BCUT2D eigenvalue weighted by Gasteiger charge is 2.22. The number of nitrogens with zero attached hydrogens (tertiary/aromatic N) is 1. The van der Waals surface area contributed by atoms with E-state index in [0.29, 0.717) is 11.1 Å². The minimum Gasteiger partial charge on any atom is -0.388 e. The highest BCUT2D eigenvalue weighted by Crippen LogP contribution is 2.27. The Labute approximate surface area is 127 Å². The largest absolute Gasteiger partial charge is 0.388 e. The van der Waals surface area contributed by atoms with Crippen molar-refractivity contribution < 1.29 is 5.11 Å². The van der Waals surface area contributed by atoms with Crippen LogP contribution in [0.2, 0.25) is 5.02 Å². The Bertz CT molecular complexity index is 423. The first-order valence-electron chi connectivity index (χ1n) is 7.70. The third-order valence-corrected chi connectivity index (χ3v) is 4.76. The van der Waals surface area contributed by atoms with Crippen LogP contribution in [0.25, 0.3) is 0 Å². The van der Waals surface area contributed by atoms with E-state index >= 15 is 0 Å². The fraction of sp³-hybridized carbons (Fsp3) is 0.647. The summed E-state index contributed by atoms with van der Waals surface area (Å²) >= 11 is 5.97. The van der Waals surface area contributed by atoms with Crippen molar-refractivity contribution in [1.29, 1.82) is 0 Å². The Morgan fingerprint density at radius 3 is 2.90 bits per heavy atom. The molecule has 20 heavy (non-hydrogen) atoms. The fourth-order valence-corrected chi connectivity index (χ4v) is 3.39. The lowest BCUT2D eigenvalue weighted by Crippen LogP contribution is -2.36. The van der Waals surface area contributed by atoms with Gasteiger partial charge in [0.2, 0.25) is 0 Å². The summed E-state index contributed by atoms with van der Waals surface area (Å²) in [5.41, 5.74) is 0.919. The highest BCUT2D eigenvalue weighted by molar-refractivity contribution is 6.30. The standard InChI is InChI=1S/C17H26ClNO/c1-13-5-3-8-16(11-13)19(2)10-9-17(20)14-6-4-7-15(18)12-14/h4,6-7,12-13,16-17,20H,3,5,8-11H2,1-2H3. The topological polar surface area (TPSA) is 23.5 Å². The molecule has 0 aliphatic heterocycles. The Balaban J connectivity index is 1.82. The van der Waals surface area contributed by atoms with Crippen LogP contribution in [0, 0.1) is 5.92 Å². The van der Waals surface area contributed by atoms with Crippen LogP contribution >= 0.6 is 11.6 Å². The molecular weight excluding hydrogens is 270 g/mol. The molecule has 1 aliphatic carbocycles. The van der Waals surface area contributed by atoms with Crippen molar-refractivity contribution in [2.24, 2.45) is 5.92 Å². The molecule has 112 valence electrons. The van der Waals surface area contributed by atoms with Crippen molar-refractivity contribution in [3.8, 4) is 0 Å². The first-order chi connectivity index (χ1) is 9.56. The minimum absolute atomic E-state index is 0.419. The average Bonchev–Trinajstić information content (AvgIpc) is 2.44. The molecular formula is C17H26ClNO. The van der Waals surface area contributed by atoms with Gasteiger partial charge in [-0.1, -0.05) is 43.5 Å². The molecule has 0 bridgehead atoms. The van der Waals surface area contributed by atoms with E-state index in [-0.39, 0.29) is 0 Å². The van der Waals surface area contributed by atoms with Crippen molar-refractivity contribution >= 4 is 11.6 Å². The van der Waals surface area contributed by atoms with Gasteiger partial charge in [-0.3, -0.25) is 0 Å². The van der Waals surface area contributed by atoms with E-state index in [4.69, 9.17) is 11.6 Å². The van der Waals surface area contributed by atoms with Gasteiger partial charge in [-0.25, -0.2) is 0 Å². The van der Waals surface area contributed by atoms with E-state index in [0.717, 1.165) is 24.4 Å². The zero-order chi connectivity index (χ0) is 14.5. The Morgan fingerprint density at radius 1 is 1.40 bits per heavy atom. The van der Waals surface area contributed by atoms with Crippen LogP contribution in [0.1, 0.15) is 50.7 Å². The van der Waals surface area contributed by atoms with Gasteiger partial charge in [0, 0.05) is 17.6 Å². The van der Waals surface area contributed by atoms with Crippen molar-refractivity contribution in [2.45, 2.75) is 51.2 Å². The fourth-order valence-electron chi connectivity index (χ4n) is 3.19. The zero-order valence-electron chi connectivity index (χ0n) is 12.6. The molecule has 3 heteroatoms. The van der Waals surface area contributed by atoms with E-state index in [1.54, 1.807) is 0 Å². The molecule has 1 aromatic carbocycles. The number of hydrogen-bond acceptors (Lipinski definition) is 2. The third-order valence-electron chi connectivity index (χ3n) is 4.52. The summed E-state index contributed by atoms with van der Waals surface area (Å²) in [7, 11) is 2.19. The van der Waals surface area contributed by atoms with Crippen LogP contribution < -0.4 is 0 Å². The van der Waals surface area contributed by atoms with Crippen LogP contribution in [-0.2, 0) is 0 Å². The van der Waals surface area contributed by atoms with Gasteiger partial charge in [0.25, 0.3) is 0 Å². The van der Waals surface area contributed by atoms with Gasteiger partial charge in [0.05, 0.1) is 6.10 Å². The van der Waals surface area contributed by atoms with Crippen LogP contribution in [0.5, 0.6) is 0 Å². The normalized spacial score (nSPS) is 24.9. The molecule has 1 saturated carbocycles. The number of aliphatic hydroxyl groups excluding tert-OH is 1. The Morgan fingerprint density at radius 2 is 2.20 bits per heavy atom. The van der Waals surface area contributed by atoms with E-state index < -0.39 is 6.10 Å². The summed E-state index contributed by atoms with van der Waals surface area (Å²) in [6.45, 7) is 3.28. The van der Waals surface area contributed by atoms with E-state index in [9.17, 15) is 5.11 Å². The summed E-state index contributed by atoms with van der Waals surface area (Å²) < 4.78 is 0. The Hall–Kier alpha value is -0.570. The van der Waals surface area contributed by atoms with Gasteiger partial charge in [0.15, 0.2) is 0 Å². The summed E-state index contributed by atoms with van der Waals surface area (Å²) in [4.78, 5) is 2.42. The SMILES string of the molecule is CC1CCCC(N(C)CCC(O)c2cccc(Cl)c2)C1. The lowest BCUT2D eigenvalue weighted by Gasteiger charge is -2.34. The second kappa shape index (κ2) is 7.44. The predicted molar refractivity (Wildman–Crippen MR) is 85.1 cm³/mol. The molecule has 2 nitrogen and oxygen atoms in total. The zero-order valence-corrected chi connectivity index (χ0v) is 13.3. The minimum atomic E-state index is -0.419. The van der Waals surface area contributed by atoms with Crippen LogP contribution in [0.3, 0.4) is 0 Å². The van der Waals surface area contributed by atoms with Gasteiger partial charge in [-0.15, -0.1) is 0 Å². The van der Waals surface area contributed by atoms with E-state index in [2.05, 4.69) is 18.9 Å².